The highest BCUT2D eigenvalue weighted by Crippen LogP contribution is 2.20. The van der Waals surface area contributed by atoms with Crippen LogP contribution in [0.2, 0.25) is 5.02 Å². The quantitative estimate of drug-likeness (QED) is 0.615. The molecule has 1 unspecified atom stereocenters. The average Bonchev–Trinajstić information content (AvgIpc) is 2.43. The summed E-state index contributed by atoms with van der Waals surface area (Å²) in [6.07, 6.45) is 5.05. The van der Waals surface area contributed by atoms with Crippen LogP contribution in [0.5, 0.6) is 0 Å². The maximum atomic E-state index is 6.06. The Hall–Kier alpha value is -0.570. The molecule has 20 heavy (non-hydrogen) atoms. The van der Waals surface area contributed by atoms with Gasteiger partial charge in [0.25, 0.3) is 0 Å². The zero-order chi connectivity index (χ0) is 14.8. The van der Waals surface area contributed by atoms with E-state index in [1.54, 1.807) is 0 Å². The zero-order valence-electron chi connectivity index (χ0n) is 13.0. The van der Waals surface area contributed by atoms with Gasteiger partial charge in [-0.15, -0.1) is 0 Å². The molecule has 0 spiro atoms. The van der Waals surface area contributed by atoms with Crippen LogP contribution >= 0.6 is 11.6 Å². The molecule has 1 N–H and O–H groups in total. The second-order valence-corrected chi connectivity index (χ2v) is 5.97. The number of rotatable bonds is 10. The number of hydrogen-bond acceptors (Lipinski definition) is 2. The van der Waals surface area contributed by atoms with Gasteiger partial charge in [0, 0.05) is 24.2 Å². The van der Waals surface area contributed by atoms with Crippen LogP contribution in [0.3, 0.4) is 0 Å². The highest BCUT2D eigenvalue weighted by atomic mass is 35.5. The third kappa shape index (κ3) is 7.28. The van der Waals surface area contributed by atoms with Gasteiger partial charge in [-0.25, -0.2) is 0 Å². The third-order valence-corrected chi connectivity index (χ3v) is 3.52. The first-order valence-electron chi connectivity index (χ1n) is 7.74. The Kier molecular flexibility index (Phi) is 8.92. The number of unbranched alkanes of at least 4 members (excludes halogenated alkanes) is 3. The molecule has 0 heterocycles. The van der Waals surface area contributed by atoms with Gasteiger partial charge in [-0.2, -0.15) is 0 Å². The van der Waals surface area contributed by atoms with Crippen molar-refractivity contribution in [3.63, 3.8) is 0 Å². The molecule has 1 aromatic rings. The summed E-state index contributed by atoms with van der Waals surface area (Å²) in [5.74, 6) is 0. The summed E-state index contributed by atoms with van der Waals surface area (Å²) in [7, 11) is 0. The van der Waals surface area contributed by atoms with Crippen molar-refractivity contribution in [2.45, 2.75) is 58.6 Å². The lowest BCUT2D eigenvalue weighted by molar-refractivity contribution is 0.0486. The van der Waals surface area contributed by atoms with E-state index >= 15 is 0 Å². The predicted molar refractivity (Wildman–Crippen MR) is 87.4 cm³/mol. The van der Waals surface area contributed by atoms with E-state index in [1.807, 2.05) is 12.1 Å². The van der Waals surface area contributed by atoms with Crippen molar-refractivity contribution in [2.75, 3.05) is 13.2 Å². The van der Waals surface area contributed by atoms with Gasteiger partial charge in [0.05, 0.1) is 6.10 Å². The second kappa shape index (κ2) is 10.2. The van der Waals surface area contributed by atoms with Gasteiger partial charge in [-0.05, 0) is 24.1 Å². The van der Waals surface area contributed by atoms with Crippen LogP contribution in [0.1, 0.15) is 58.1 Å². The van der Waals surface area contributed by atoms with E-state index < -0.39 is 0 Å². The number of halogens is 1. The fourth-order valence-corrected chi connectivity index (χ4v) is 2.17. The van der Waals surface area contributed by atoms with Crippen LogP contribution < -0.4 is 5.32 Å². The average molecular weight is 298 g/mol. The number of ether oxygens (including phenoxy) is 1. The molecule has 0 saturated carbocycles. The van der Waals surface area contributed by atoms with Crippen molar-refractivity contribution in [3.8, 4) is 0 Å². The lowest BCUT2D eigenvalue weighted by atomic mass is 10.1. The standard InChI is InChI=1S/C17H28ClNO/c1-4-5-6-7-12-20-17(13-19-14(2)3)15-8-10-16(18)11-9-15/h8-11,14,17,19H,4-7,12-13H2,1-3H3. The Morgan fingerprint density at radius 1 is 1.10 bits per heavy atom. The minimum Gasteiger partial charge on any atom is -0.372 e. The maximum absolute atomic E-state index is 6.06. The van der Waals surface area contributed by atoms with E-state index in [1.165, 1.54) is 24.8 Å². The van der Waals surface area contributed by atoms with Crippen LogP contribution in [-0.2, 0) is 4.74 Å². The molecule has 3 heteroatoms. The molecule has 0 amide bonds. The highest BCUT2D eigenvalue weighted by molar-refractivity contribution is 6.30. The van der Waals surface area contributed by atoms with Crippen molar-refractivity contribution in [2.24, 2.45) is 0 Å². The van der Waals surface area contributed by atoms with Gasteiger partial charge in [-0.3, -0.25) is 0 Å². The fourth-order valence-electron chi connectivity index (χ4n) is 2.05. The lowest BCUT2D eigenvalue weighted by Gasteiger charge is -2.20. The summed E-state index contributed by atoms with van der Waals surface area (Å²) in [4.78, 5) is 0. The van der Waals surface area contributed by atoms with Gasteiger partial charge in [0.1, 0.15) is 0 Å². The Morgan fingerprint density at radius 3 is 2.40 bits per heavy atom. The lowest BCUT2D eigenvalue weighted by Crippen LogP contribution is -2.29. The van der Waals surface area contributed by atoms with E-state index in [0.717, 1.165) is 24.6 Å². The highest BCUT2D eigenvalue weighted by Gasteiger charge is 2.12. The van der Waals surface area contributed by atoms with Crippen LogP contribution in [0.4, 0.5) is 0 Å². The van der Waals surface area contributed by atoms with Crippen molar-refractivity contribution < 1.29 is 4.74 Å². The zero-order valence-corrected chi connectivity index (χ0v) is 13.7. The van der Waals surface area contributed by atoms with Gasteiger partial charge in [0.2, 0.25) is 0 Å². The van der Waals surface area contributed by atoms with Crippen molar-refractivity contribution in [1.29, 1.82) is 0 Å². The Labute approximate surface area is 128 Å². The Morgan fingerprint density at radius 2 is 1.80 bits per heavy atom. The summed E-state index contributed by atoms with van der Waals surface area (Å²) >= 11 is 5.95. The first-order valence-corrected chi connectivity index (χ1v) is 8.11. The minimum absolute atomic E-state index is 0.108. The normalized spacial score (nSPS) is 12.8. The molecular formula is C17H28ClNO. The number of hydrogen-bond donors (Lipinski definition) is 1. The molecular weight excluding hydrogens is 270 g/mol. The number of nitrogens with one attached hydrogen (secondary N) is 1. The first kappa shape index (κ1) is 17.5. The minimum atomic E-state index is 0.108. The SMILES string of the molecule is CCCCCCOC(CNC(C)C)c1ccc(Cl)cc1. The molecule has 0 saturated heterocycles. The molecule has 0 radical (unpaired) electrons. The second-order valence-electron chi connectivity index (χ2n) is 5.53. The molecule has 0 aromatic heterocycles. The molecule has 1 atom stereocenters. The fraction of sp³-hybridized carbons (Fsp3) is 0.647. The first-order chi connectivity index (χ1) is 9.63. The molecule has 0 aliphatic rings. The molecule has 2 nitrogen and oxygen atoms in total. The van der Waals surface area contributed by atoms with Crippen molar-refractivity contribution >= 4 is 11.6 Å². The van der Waals surface area contributed by atoms with Crippen molar-refractivity contribution in [3.05, 3.63) is 34.9 Å². The van der Waals surface area contributed by atoms with Crippen LogP contribution in [0.25, 0.3) is 0 Å². The monoisotopic (exact) mass is 297 g/mol. The molecule has 0 aliphatic carbocycles. The Bertz CT molecular complexity index is 351. The molecule has 0 aliphatic heterocycles. The third-order valence-electron chi connectivity index (χ3n) is 3.27. The summed E-state index contributed by atoms with van der Waals surface area (Å²) in [5.41, 5.74) is 1.19. The van der Waals surface area contributed by atoms with Gasteiger partial charge in [-0.1, -0.05) is 63.8 Å². The summed E-state index contributed by atoms with van der Waals surface area (Å²) < 4.78 is 6.06. The van der Waals surface area contributed by atoms with Crippen LogP contribution in [0, 0.1) is 0 Å². The van der Waals surface area contributed by atoms with E-state index in [9.17, 15) is 0 Å². The maximum Gasteiger partial charge on any atom is 0.0949 e. The van der Waals surface area contributed by atoms with E-state index in [2.05, 4.69) is 38.2 Å². The molecule has 1 aromatic carbocycles. The molecule has 0 fully saturated rings. The topological polar surface area (TPSA) is 21.3 Å². The predicted octanol–water partition coefficient (Wildman–Crippen LogP) is 4.98. The summed E-state index contributed by atoms with van der Waals surface area (Å²) in [6.45, 7) is 8.20. The Balaban J connectivity index is 2.49. The van der Waals surface area contributed by atoms with Crippen LogP contribution in [-0.4, -0.2) is 19.2 Å². The van der Waals surface area contributed by atoms with Gasteiger partial charge < -0.3 is 10.1 Å². The van der Waals surface area contributed by atoms with Crippen molar-refractivity contribution in [1.82, 2.24) is 5.32 Å². The number of benzene rings is 1. The van der Waals surface area contributed by atoms with E-state index in [4.69, 9.17) is 16.3 Å². The van der Waals surface area contributed by atoms with E-state index in [-0.39, 0.29) is 6.10 Å². The molecule has 0 bridgehead atoms. The van der Waals surface area contributed by atoms with Gasteiger partial charge >= 0.3 is 0 Å². The summed E-state index contributed by atoms with van der Waals surface area (Å²) in [5, 5.41) is 4.22. The van der Waals surface area contributed by atoms with E-state index in [0.29, 0.717) is 6.04 Å². The molecule has 114 valence electrons. The summed E-state index contributed by atoms with van der Waals surface area (Å²) in [6, 6.07) is 8.44. The van der Waals surface area contributed by atoms with Gasteiger partial charge in [0.15, 0.2) is 0 Å². The van der Waals surface area contributed by atoms with Crippen LogP contribution in [0.15, 0.2) is 24.3 Å². The smallest absolute Gasteiger partial charge is 0.0949 e. The molecule has 1 rings (SSSR count). The largest absolute Gasteiger partial charge is 0.372 e.